The summed E-state index contributed by atoms with van der Waals surface area (Å²) in [5.74, 6) is 0.676. The van der Waals surface area contributed by atoms with Gasteiger partial charge in [0.15, 0.2) is 5.82 Å². The van der Waals surface area contributed by atoms with Crippen molar-refractivity contribution in [3.8, 4) is 0 Å². The average Bonchev–Trinajstić information content (AvgIpc) is 2.51. The average molecular weight is 199 g/mol. The first-order chi connectivity index (χ1) is 6.46. The largest absolute Gasteiger partial charge is 0.377 e. The highest BCUT2D eigenvalue weighted by molar-refractivity contribution is 4.89. The molecule has 0 aliphatic rings. The predicted octanol–water partition coefficient (Wildman–Crippen LogP) is 0.118. The van der Waals surface area contributed by atoms with Crippen molar-refractivity contribution >= 4 is 0 Å². The van der Waals surface area contributed by atoms with Crippen LogP contribution in [0.1, 0.15) is 32.6 Å². The maximum Gasteiger partial charge on any atom is 0.167 e. The van der Waals surface area contributed by atoms with Crippen LogP contribution >= 0.6 is 0 Å². The van der Waals surface area contributed by atoms with Crippen LogP contribution in [-0.4, -0.2) is 32.9 Å². The molecule has 0 spiro atoms. The van der Waals surface area contributed by atoms with Crippen LogP contribution < -0.4 is 5.73 Å². The maximum absolute atomic E-state index is 5.72. The first-order valence-electron chi connectivity index (χ1n) is 4.53. The summed E-state index contributed by atoms with van der Waals surface area (Å²) in [4.78, 5) is 0. The summed E-state index contributed by atoms with van der Waals surface area (Å²) in [7, 11) is 1.66. The van der Waals surface area contributed by atoms with Gasteiger partial charge < -0.3 is 10.5 Å². The quantitative estimate of drug-likeness (QED) is 0.745. The molecule has 6 nitrogen and oxygen atoms in total. The Kier molecular flexibility index (Phi) is 3.17. The van der Waals surface area contributed by atoms with Crippen LogP contribution in [0.4, 0.5) is 0 Å². The molecule has 0 bridgehead atoms. The van der Waals surface area contributed by atoms with Crippen LogP contribution in [0.15, 0.2) is 0 Å². The molecular formula is C8H17N5O. The van der Waals surface area contributed by atoms with Crippen molar-refractivity contribution in [3.63, 3.8) is 0 Å². The Morgan fingerprint density at radius 3 is 2.71 bits per heavy atom. The number of nitrogens with zero attached hydrogens (tertiary/aromatic N) is 4. The Morgan fingerprint density at radius 2 is 2.21 bits per heavy atom. The SMILES string of the molecule is COC(C)(C)Cn1nnnc1C(C)N. The number of methoxy groups -OCH3 is 1. The van der Waals surface area contributed by atoms with Crippen molar-refractivity contribution in [1.29, 1.82) is 0 Å². The molecule has 0 aliphatic carbocycles. The number of ether oxygens (including phenoxy) is 1. The van der Waals surface area contributed by atoms with E-state index in [1.165, 1.54) is 0 Å². The monoisotopic (exact) mass is 199 g/mol. The van der Waals surface area contributed by atoms with Gasteiger partial charge in [0.1, 0.15) is 0 Å². The molecule has 0 saturated heterocycles. The van der Waals surface area contributed by atoms with E-state index in [9.17, 15) is 0 Å². The highest BCUT2D eigenvalue weighted by Crippen LogP contribution is 2.12. The normalized spacial score (nSPS) is 14.4. The van der Waals surface area contributed by atoms with E-state index in [4.69, 9.17) is 10.5 Å². The summed E-state index contributed by atoms with van der Waals surface area (Å²) in [6, 6.07) is -0.169. The molecule has 0 fully saturated rings. The van der Waals surface area contributed by atoms with Crippen LogP contribution in [-0.2, 0) is 11.3 Å². The maximum atomic E-state index is 5.72. The van der Waals surface area contributed by atoms with Crippen molar-refractivity contribution in [2.45, 2.75) is 39.0 Å². The molecule has 80 valence electrons. The molecule has 0 amide bonds. The third-order valence-corrected chi connectivity index (χ3v) is 2.05. The number of rotatable bonds is 4. The van der Waals surface area contributed by atoms with E-state index in [1.54, 1.807) is 11.8 Å². The number of tetrazole rings is 1. The van der Waals surface area contributed by atoms with Gasteiger partial charge in [-0.05, 0) is 31.2 Å². The second-order valence-electron chi connectivity index (χ2n) is 3.95. The molecule has 1 heterocycles. The van der Waals surface area contributed by atoms with Crippen LogP contribution in [0, 0.1) is 0 Å². The number of hydrogen-bond donors (Lipinski definition) is 1. The molecule has 1 rings (SSSR count). The fourth-order valence-electron chi connectivity index (χ4n) is 1.08. The minimum atomic E-state index is -0.293. The fourth-order valence-corrected chi connectivity index (χ4v) is 1.08. The Labute approximate surface area is 83.4 Å². The summed E-state index contributed by atoms with van der Waals surface area (Å²) in [5.41, 5.74) is 5.42. The molecule has 0 radical (unpaired) electrons. The van der Waals surface area contributed by atoms with Gasteiger partial charge in [-0.15, -0.1) is 5.10 Å². The van der Waals surface area contributed by atoms with Gasteiger partial charge in [-0.3, -0.25) is 0 Å². The van der Waals surface area contributed by atoms with Gasteiger partial charge in [0, 0.05) is 7.11 Å². The zero-order valence-electron chi connectivity index (χ0n) is 9.06. The topological polar surface area (TPSA) is 78.8 Å². The zero-order valence-corrected chi connectivity index (χ0v) is 9.06. The molecule has 14 heavy (non-hydrogen) atoms. The van der Waals surface area contributed by atoms with Gasteiger partial charge >= 0.3 is 0 Å². The molecular weight excluding hydrogens is 182 g/mol. The standard InChI is InChI=1S/C8H17N5O/c1-6(9)7-10-11-12-13(7)5-8(2,3)14-4/h6H,5,9H2,1-4H3. The lowest BCUT2D eigenvalue weighted by Gasteiger charge is -2.23. The van der Waals surface area contributed by atoms with Crippen LogP contribution in [0.25, 0.3) is 0 Å². The van der Waals surface area contributed by atoms with E-state index in [0.717, 1.165) is 0 Å². The number of nitrogens with two attached hydrogens (primary N) is 1. The van der Waals surface area contributed by atoms with Gasteiger partial charge in [-0.25, -0.2) is 4.68 Å². The second kappa shape index (κ2) is 4.02. The van der Waals surface area contributed by atoms with Gasteiger partial charge in [-0.1, -0.05) is 0 Å². The zero-order chi connectivity index (χ0) is 10.8. The highest BCUT2D eigenvalue weighted by Gasteiger charge is 2.21. The predicted molar refractivity (Wildman–Crippen MR) is 51.5 cm³/mol. The summed E-state index contributed by atoms with van der Waals surface area (Å²) >= 11 is 0. The van der Waals surface area contributed by atoms with Crippen LogP contribution in [0.2, 0.25) is 0 Å². The fraction of sp³-hybridized carbons (Fsp3) is 0.875. The molecule has 6 heteroatoms. The van der Waals surface area contributed by atoms with Gasteiger partial charge in [-0.2, -0.15) is 0 Å². The third kappa shape index (κ3) is 2.49. The van der Waals surface area contributed by atoms with Gasteiger partial charge in [0.2, 0.25) is 0 Å². The van der Waals surface area contributed by atoms with Crippen LogP contribution in [0.5, 0.6) is 0 Å². The van der Waals surface area contributed by atoms with Crippen molar-refractivity contribution < 1.29 is 4.74 Å². The van der Waals surface area contributed by atoms with E-state index >= 15 is 0 Å². The van der Waals surface area contributed by atoms with Crippen LogP contribution in [0.3, 0.4) is 0 Å². The van der Waals surface area contributed by atoms with Crippen molar-refractivity contribution in [2.75, 3.05) is 7.11 Å². The lowest BCUT2D eigenvalue weighted by Crippen LogP contribution is -2.31. The minimum Gasteiger partial charge on any atom is -0.377 e. The summed E-state index contributed by atoms with van der Waals surface area (Å²) < 4.78 is 6.96. The van der Waals surface area contributed by atoms with Crippen molar-refractivity contribution in [1.82, 2.24) is 20.2 Å². The first-order valence-corrected chi connectivity index (χ1v) is 4.53. The molecule has 1 aromatic heterocycles. The lowest BCUT2D eigenvalue weighted by atomic mass is 10.1. The molecule has 1 atom stereocenters. The molecule has 0 aliphatic heterocycles. The Hall–Kier alpha value is -1.01. The Morgan fingerprint density at radius 1 is 1.57 bits per heavy atom. The lowest BCUT2D eigenvalue weighted by molar-refractivity contribution is 0.00413. The van der Waals surface area contributed by atoms with Gasteiger partial charge in [0.25, 0.3) is 0 Å². The van der Waals surface area contributed by atoms with E-state index in [2.05, 4.69) is 15.5 Å². The molecule has 0 saturated carbocycles. The van der Waals surface area contributed by atoms with E-state index in [0.29, 0.717) is 12.4 Å². The van der Waals surface area contributed by atoms with E-state index in [1.807, 2.05) is 20.8 Å². The highest BCUT2D eigenvalue weighted by atomic mass is 16.5. The van der Waals surface area contributed by atoms with E-state index < -0.39 is 0 Å². The first kappa shape index (κ1) is 11.1. The van der Waals surface area contributed by atoms with Crippen molar-refractivity contribution in [2.24, 2.45) is 5.73 Å². The number of hydrogen-bond acceptors (Lipinski definition) is 5. The summed E-state index contributed by atoms with van der Waals surface area (Å²) in [6.45, 7) is 6.38. The molecule has 1 aromatic rings. The molecule has 0 aromatic carbocycles. The minimum absolute atomic E-state index is 0.169. The van der Waals surface area contributed by atoms with E-state index in [-0.39, 0.29) is 11.6 Å². The number of aromatic nitrogens is 4. The second-order valence-corrected chi connectivity index (χ2v) is 3.95. The molecule has 2 N–H and O–H groups in total. The Balaban J connectivity index is 2.81. The molecule has 1 unspecified atom stereocenters. The Bertz CT molecular complexity index is 294. The third-order valence-electron chi connectivity index (χ3n) is 2.05. The summed E-state index contributed by atoms with van der Waals surface area (Å²) in [5, 5.41) is 11.3. The van der Waals surface area contributed by atoms with Gasteiger partial charge in [0.05, 0.1) is 18.2 Å². The summed E-state index contributed by atoms with van der Waals surface area (Å²) in [6.07, 6.45) is 0. The van der Waals surface area contributed by atoms with Crippen molar-refractivity contribution in [3.05, 3.63) is 5.82 Å². The smallest absolute Gasteiger partial charge is 0.167 e.